The lowest BCUT2D eigenvalue weighted by molar-refractivity contribution is -0.0669. The Morgan fingerprint density at radius 2 is 2.06 bits per heavy atom. The van der Waals surface area contributed by atoms with E-state index in [9.17, 15) is 14.8 Å². The van der Waals surface area contributed by atoms with Crippen LogP contribution in [0, 0.1) is 0 Å². The summed E-state index contributed by atoms with van der Waals surface area (Å²) in [4.78, 5) is 14.9. The molecule has 1 aliphatic rings. The van der Waals surface area contributed by atoms with E-state index >= 15 is 0 Å². The van der Waals surface area contributed by atoms with Gasteiger partial charge in [-0.3, -0.25) is 4.57 Å². The molecule has 1 fully saturated rings. The monoisotopic (exact) mass is 481 g/mol. The van der Waals surface area contributed by atoms with Crippen LogP contribution in [0.5, 0.6) is 0 Å². The van der Waals surface area contributed by atoms with E-state index in [0.29, 0.717) is 19.3 Å². The molecule has 1 aliphatic heterocycles. The average molecular weight is 481 g/mol. The van der Waals surface area contributed by atoms with E-state index in [4.69, 9.17) is 20.5 Å². The highest BCUT2D eigenvalue weighted by molar-refractivity contribution is 7.40. The first-order valence-corrected chi connectivity index (χ1v) is 12.2. The summed E-state index contributed by atoms with van der Waals surface area (Å²) in [6.07, 6.45) is -1.47. The summed E-state index contributed by atoms with van der Waals surface area (Å²) in [5, 5.41) is 25.2. The van der Waals surface area contributed by atoms with E-state index in [-0.39, 0.29) is 35.0 Å². The zero-order chi connectivity index (χ0) is 24.3. The molecule has 4 unspecified atom stereocenters. The Balaban J connectivity index is 1.94. The van der Waals surface area contributed by atoms with Gasteiger partial charge in [0.2, 0.25) is 5.95 Å². The van der Waals surface area contributed by atoms with E-state index in [2.05, 4.69) is 25.0 Å². The Labute approximate surface area is 191 Å². The number of aliphatic hydroxyl groups is 2. The maximum Gasteiger partial charge on any atom is 0.511 e. The summed E-state index contributed by atoms with van der Waals surface area (Å²) >= 11 is 0. The van der Waals surface area contributed by atoms with Crippen molar-refractivity contribution in [3.63, 3.8) is 0 Å². The lowest BCUT2D eigenvalue weighted by atomic mass is 9.88. The normalized spacial score (nSPS) is 24.6. The van der Waals surface area contributed by atoms with Crippen LogP contribution in [0.15, 0.2) is 11.4 Å². The van der Waals surface area contributed by atoms with Crippen molar-refractivity contribution < 1.29 is 24.0 Å². The molecule has 3 heterocycles. The first-order valence-electron chi connectivity index (χ1n) is 10.9. The number of azide groups is 1. The Morgan fingerprint density at radius 3 is 2.67 bits per heavy atom. The first kappa shape index (κ1) is 25.2. The number of hydrogen-bond acceptors (Lipinski definition) is 10. The third kappa shape index (κ3) is 4.79. The molecule has 1 saturated heterocycles. The van der Waals surface area contributed by atoms with Crippen LogP contribution in [0.1, 0.15) is 59.6 Å². The molecular weight excluding hydrogens is 451 g/mol. The van der Waals surface area contributed by atoms with Gasteiger partial charge in [-0.25, -0.2) is 15.0 Å². The standard InChI is InChI=1S/C19H30N8O5P/c1-5-10(4)33(30)32-19(6-2,7-3)8-11-13(28)14(29)17(31-11)27-16-12(15(20)22-9-23-16)24-18(27)25-26-21/h9-11,13-14,17,28-29H,5-8H2,1-4H3,(H2,20,22,23)/q+1/t10?,11-,13?,14-,17?/m1/s1. The molecule has 3 rings (SSSR count). The number of nitrogens with zero attached hydrogens (tertiary/aromatic N) is 7. The van der Waals surface area contributed by atoms with Gasteiger partial charge in [0.25, 0.3) is 0 Å². The van der Waals surface area contributed by atoms with Gasteiger partial charge in [0, 0.05) is 11.3 Å². The van der Waals surface area contributed by atoms with Crippen molar-refractivity contribution in [2.75, 3.05) is 5.73 Å². The van der Waals surface area contributed by atoms with Gasteiger partial charge in [-0.05, 0) is 41.4 Å². The molecule has 2 aromatic heterocycles. The molecule has 0 spiro atoms. The number of nitrogens with two attached hydrogens (primary N) is 1. The molecule has 0 bridgehead atoms. The molecule has 0 amide bonds. The van der Waals surface area contributed by atoms with Gasteiger partial charge < -0.3 is 20.7 Å². The summed E-state index contributed by atoms with van der Waals surface area (Å²) in [5.74, 6) is -0.0686. The van der Waals surface area contributed by atoms with Gasteiger partial charge in [-0.1, -0.05) is 20.8 Å². The quantitative estimate of drug-likeness (QED) is 0.197. The lowest BCUT2D eigenvalue weighted by Gasteiger charge is -2.29. The van der Waals surface area contributed by atoms with E-state index in [1.807, 2.05) is 27.7 Å². The smallest absolute Gasteiger partial charge is 0.388 e. The second-order valence-electron chi connectivity index (χ2n) is 8.18. The van der Waals surface area contributed by atoms with Crippen LogP contribution < -0.4 is 5.73 Å². The van der Waals surface area contributed by atoms with Crippen molar-refractivity contribution in [2.24, 2.45) is 5.11 Å². The number of fused-ring (bicyclic) bond motifs is 1. The molecule has 180 valence electrons. The maximum atomic E-state index is 12.7. The highest BCUT2D eigenvalue weighted by Crippen LogP contribution is 2.45. The van der Waals surface area contributed by atoms with Gasteiger partial charge in [-0.15, -0.1) is 4.52 Å². The molecule has 2 aromatic rings. The largest absolute Gasteiger partial charge is 0.511 e. The fourth-order valence-electron chi connectivity index (χ4n) is 3.87. The number of anilines is 1. The van der Waals surface area contributed by atoms with Gasteiger partial charge in [0.05, 0.1) is 6.10 Å². The SMILES string of the molecule is CCC(C)[P+](=O)OC(CC)(CC)C[C@H]1OC(n2c(N=[N+]=[N-])nc3c(N)ncnc32)[C@H](O)C1O. The van der Waals surface area contributed by atoms with Crippen LogP contribution in [-0.4, -0.2) is 59.3 Å². The molecule has 0 aliphatic carbocycles. The molecule has 14 heteroatoms. The Hall–Kier alpha value is -2.40. The van der Waals surface area contributed by atoms with E-state index in [1.54, 1.807) is 0 Å². The number of nitrogen functional groups attached to an aromatic ring is 1. The van der Waals surface area contributed by atoms with Gasteiger partial charge in [0.1, 0.15) is 24.1 Å². The zero-order valence-corrected chi connectivity index (χ0v) is 20.0. The highest BCUT2D eigenvalue weighted by atomic mass is 31.1. The minimum atomic E-state index is -1.92. The molecule has 13 nitrogen and oxygen atoms in total. The predicted molar refractivity (Wildman–Crippen MR) is 121 cm³/mol. The summed E-state index contributed by atoms with van der Waals surface area (Å²) < 4.78 is 26.0. The molecule has 33 heavy (non-hydrogen) atoms. The predicted octanol–water partition coefficient (Wildman–Crippen LogP) is 3.48. The van der Waals surface area contributed by atoms with Crippen LogP contribution in [-0.2, 0) is 13.8 Å². The minimum absolute atomic E-state index is 0.0657. The van der Waals surface area contributed by atoms with Crippen molar-refractivity contribution in [1.82, 2.24) is 19.5 Å². The number of ether oxygens (including phenoxy) is 1. The summed E-state index contributed by atoms with van der Waals surface area (Å²) in [5.41, 5.74) is 14.3. The van der Waals surface area contributed by atoms with Crippen LogP contribution >= 0.6 is 8.03 Å². The van der Waals surface area contributed by atoms with E-state index in [1.165, 1.54) is 10.9 Å². The van der Waals surface area contributed by atoms with Crippen molar-refractivity contribution in [3.8, 4) is 0 Å². The summed E-state index contributed by atoms with van der Waals surface area (Å²) in [6.45, 7) is 7.64. The van der Waals surface area contributed by atoms with Crippen LogP contribution in [0.25, 0.3) is 21.6 Å². The van der Waals surface area contributed by atoms with Crippen LogP contribution in [0.2, 0.25) is 0 Å². The van der Waals surface area contributed by atoms with Gasteiger partial charge in [-0.2, -0.15) is 0 Å². The molecule has 0 aromatic carbocycles. The summed E-state index contributed by atoms with van der Waals surface area (Å²) in [7, 11) is -1.92. The Morgan fingerprint density at radius 1 is 1.36 bits per heavy atom. The molecule has 6 atom stereocenters. The number of imidazole rings is 1. The van der Waals surface area contributed by atoms with Crippen molar-refractivity contribution in [2.45, 2.75) is 89.2 Å². The van der Waals surface area contributed by atoms with Crippen molar-refractivity contribution in [3.05, 3.63) is 16.8 Å². The fraction of sp³-hybridized carbons (Fsp3) is 0.737. The van der Waals surface area contributed by atoms with Crippen molar-refractivity contribution in [1.29, 1.82) is 0 Å². The highest BCUT2D eigenvalue weighted by Gasteiger charge is 2.50. The van der Waals surface area contributed by atoms with Gasteiger partial charge >= 0.3 is 8.03 Å². The molecule has 0 saturated carbocycles. The number of aromatic nitrogens is 4. The first-order chi connectivity index (χ1) is 15.7. The third-order valence-corrected chi connectivity index (χ3v) is 7.96. The second kappa shape index (κ2) is 10.3. The van der Waals surface area contributed by atoms with Crippen LogP contribution in [0.4, 0.5) is 11.8 Å². The lowest BCUT2D eigenvalue weighted by Crippen LogP contribution is -2.39. The minimum Gasteiger partial charge on any atom is -0.388 e. The van der Waals surface area contributed by atoms with E-state index < -0.39 is 38.2 Å². The third-order valence-electron chi connectivity index (χ3n) is 6.31. The summed E-state index contributed by atoms with van der Waals surface area (Å²) in [6, 6.07) is 0. The second-order valence-corrected chi connectivity index (χ2v) is 9.81. The molecule has 0 radical (unpaired) electrons. The van der Waals surface area contributed by atoms with E-state index in [0.717, 1.165) is 0 Å². The maximum absolute atomic E-state index is 12.7. The molecule has 4 N–H and O–H groups in total. The fourth-order valence-corrected chi connectivity index (χ4v) is 5.06. The Bertz CT molecular complexity index is 1050. The average Bonchev–Trinajstić information content (AvgIpc) is 3.31. The molecular formula is C19H30N8O5P+. The van der Waals surface area contributed by atoms with Crippen LogP contribution in [0.3, 0.4) is 0 Å². The van der Waals surface area contributed by atoms with Gasteiger partial charge in [0.15, 0.2) is 28.9 Å². The number of rotatable bonds is 10. The topological polar surface area (TPSA) is 194 Å². The zero-order valence-electron chi connectivity index (χ0n) is 19.1. The number of aliphatic hydroxyl groups excluding tert-OH is 2. The van der Waals surface area contributed by atoms with Crippen molar-refractivity contribution >= 4 is 31.0 Å². The Kier molecular flexibility index (Phi) is 7.84. The number of hydrogen-bond donors (Lipinski definition) is 3.